The maximum Gasteiger partial charge on any atom is 0.332 e. The Morgan fingerprint density at radius 3 is 1.16 bits per heavy atom. The Balaban J connectivity index is 2.11. The topological polar surface area (TPSA) is 70.0 Å². The molecule has 1 aromatic heterocycles. The van der Waals surface area contributed by atoms with Gasteiger partial charge in [0.15, 0.2) is 0 Å². The summed E-state index contributed by atoms with van der Waals surface area (Å²) in [5.41, 5.74) is 5.59. The second-order valence-corrected chi connectivity index (χ2v) is 13.4. The summed E-state index contributed by atoms with van der Waals surface area (Å²) in [4.78, 5) is 25.5. The largest absolute Gasteiger partial charge is 0.385 e. The van der Waals surface area contributed by atoms with Gasteiger partial charge in [-0.3, -0.25) is 13.9 Å². The van der Waals surface area contributed by atoms with Gasteiger partial charge in [0.05, 0.1) is 0 Å². The number of unbranched alkanes of at least 4 members (excludes halogenated alkanes) is 24. The molecule has 0 saturated heterocycles. The molecule has 0 unspecified atom stereocenters. The van der Waals surface area contributed by atoms with Gasteiger partial charge < -0.3 is 5.73 Å². The Labute approximate surface area is 278 Å². The first-order chi connectivity index (χ1) is 22.1. The Bertz CT molecular complexity index is 975. The number of nitrogens with zero attached hydrogens (tertiary/aromatic N) is 2. The van der Waals surface area contributed by atoms with Crippen LogP contribution in [0.1, 0.15) is 194 Å². The maximum atomic E-state index is 13.0. The molecule has 45 heavy (non-hydrogen) atoms. The zero-order valence-corrected chi connectivity index (χ0v) is 29.9. The van der Waals surface area contributed by atoms with Crippen LogP contribution in [0.2, 0.25) is 0 Å². The fourth-order valence-corrected chi connectivity index (χ4v) is 6.10. The van der Waals surface area contributed by atoms with E-state index in [1.54, 1.807) is 4.57 Å². The Hall–Kier alpha value is -2.04. The number of aromatic nitrogens is 2. The molecule has 0 radical (unpaired) electrons. The summed E-state index contributed by atoms with van der Waals surface area (Å²) in [5, 5.41) is 0. The minimum atomic E-state index is -0.262. The summed E-state index contributed by atoms with van der Waals surface area (Å²) < 4.78 is 3.00. The Morgan fingerprint density at radius 2 is 0.778 bits per heavy atom. The Kier molecular flexibility index (Phi) is 27.9. The number of rotatable bonds is 32. The van der Waals surface area contributed by atoms with E-state index in [1.807, 2.05) is 0 Å². The van der Waals surface area contributed by atoms with Crippen LogP contribution < -0.4 is 17.0 Å². The molecule has 260 valence electrons. The molecule has 1 heterocycles. The van der Waals surface area contributed by atoms with E-state index >= 15 is 0 Å². The lowest BCUT2D eigenvalue weighted by molar-refractivity contribution is 0.492. The van der Waals surface area contributed by atoms with Crippen LogP contribution in [0, 0.1) is 0 Å². The van der Waals surface area contributed by atoms with Gasteiger partial charge >= 0.3 is 5.69 Å². The van der Waals surface area contributed by atoms with Crippen LogP contribution in [-0.4, -0.2) is 9.13 Å². The molecule has 1 rings (SSSR count). The van der Waals surface area contributed by atoms with Crippen molar-refractivity contribution in [2.45, 2.75) is 207 Å². The van der Waals surface area contributed by atoms with Gasteiger partial charge in [0.1, 0.15) is 5.82 Å². The van der Waals surface area contributed by atoms with E-state index in [4.69, 9.17) is 5.73 Å². The average Bonchev–Trinajstić information content (AvgIpc) is 3.03. The minimum Gasteiger partial charge on any atom is -0.385 e. The van der Waals surface area contributed by atoms with Crippen LogP contribution in [-0.2, 0) is 13.1 Å². The summed E-state index contributed by atoms with van der Waals surface area (Å²) in [7, 11) is 0. The van der Waals surface area contributed by atoms with Crippen LogP contribution in [0.4, 0.5) is 5.82 Å². The number of anilines is 1. The minimum absolute atomic E-state index is 0.236. The third-order valence-corrected chi connectivity index (χ3v) is 9.10. The van der Waals surface area contributed by atoms with Crippen molar-refractivity contribution in [3.8, 4) is 0 Å². The third-order valence-electron chi connectivity index (χ3n) is 9.10. The van der Waals surface area contributed by atoms with E-state index in [2.05, 4.69) is 38.2 Å². The van der Waals surface area contributed by atoms with Crippen molar-refractivity contribution in [1.82, 2.24) is 9.13 Å². The molecule has 0 fully saturated rings. The van der Waals surface area contributed by atoms with E-state index in [-0.39, 0.29) is 11.2 Å². The fraction of sp³-hybridized carbons (Fsp3) is 0.800. The van der Waals surface area contributed by atoms with Crippen LogP contribution in [0.5, 0.6) is 0 Å². The van der Waals surface area contributed by atoms with Crippen LogP contribution in [0.15, 0.2) is 40.0 Å². The third kappa shape index (κ3) is 23.0. The first-order valence-electron chi connectivity index (χ1n) is 19.5. The molecule has 0 saturated carbocycles. The summed E-state index contributed by atoms with van der Waals surface area (Å²) >= 11 is 0. The summed E-state index contributed by atoms with van der Waals surface area (Å²) in [6.45, 7) is 5.63. The smallest absolute Gasteiger partial charge is 0.332 e. The van der Waals surface area contributed by atoms with Gasteiger partial charge in [-0.2, -0.15) is 0 Å². The molecule has 0 atom stereocenters. The molecule has 0 aromatic carbocycles. The van der Waals surface area contributed by atoms with Gasteiger partial charge in [-0.1, -0.05) is 154 Å². The second kappa shape index (κ2) is 30.6. The fourth-order valence-electron chi connectivity index (χ4n) is 6.10. The van der Waals surface area contributed by atoms with Crippen LogP contribution in [0.3, 0.4) is 0 Å². The van der Waals surface area contributed by atoms with Crippen molar-refractivity contribution < 1.29 is 0 Å². The molecule has 5 heteroatoms. The standard InChI is InChI=1S/C40H73N3O2/c1-3-5-7-9-11-13-15-17-19-21-23-25-27-29-31-33-35-42-38(41)37-39(44)43(40(42)45)36-34-32-30-28-26-24-22-20-18-16-14-12-10-8-6-4-2/h17-20,37H,3-16,21-36,41H2,1-2H3. The van der Waals surface area contributed by atoms with Gasteiger partial charge in [-0.25, -0.2) is 4.79 Å². The molecule has 5 nitrogen and oxygen atoms in total. The summed E-state index contributed by atoms with van der Waals surface area (Å²) in [5.74, 6) is 0.301. The van der Waals surface area contributed by atoms with E-state index in [0.717, 1.165) is 32.1 Å². The number of nitrogens with two attached hydrogens (primary N) is 1. The van der Waals surface area contributed by atoms with Gasteiger partial charge in [0.25, 0.3) is 5.56 Å². The van der Waals surface area contributed by atoms with Gasteiger partial charge in [0, 0.05) is 19.2 Å². The summed E-state index contributed by atoms with van der Waals surface area (Å²) in [6, 6.07) is 1.43. The molecular weight excluding hydrogens is 554 g/mol. The lowest BCUT2D eigenvalue weighted by atomic mass is 10.1. The van der Waals surface area contributed by atoms with Crippen molar-refractivity contribution >= 4 is 5.82 Å². The molecule has 0 bridgehead atoms. The van der Waals surface area contributed by atoms with Crippen molar-refractivity contribution in [2.24, 2.45) is 0 Å². The van der Waals surface area contributed by atoms with E-state index in [1.165, 1.54) is 158 Å². The zero-order valence-electron chi connectivity index (χ0n) is 29.9. The monoisotopic (exact) mass is 628 g/mol. The summed E-state index contributed by atoms with van der Waals surface area (Å²) in [6.07, 6.45) is 44.5. The SMILES string of the molecule is CCCCCCCCC=CCCCCCCCCn1c(N)cc(=O)n(CCCCCCCCC=CCCCCCCCC)c1=O. The molecule has 0 aliphatic carbocycles. The first-order valence-corrected chi connectivity index (χ1v) is 19.5. The lowest BCUT2D eigenvalue weighted by Gasteiger charge is -2.13. The number of hydrogen-bond donors (Lipinski definition) is 1. The van der Waals surface area contributed by atoms with E-state index < -0.39 is 0 Å². The van der Waals surface area contributed by atoms with Crippen LogP contribution in [0.25, 0.3) is 0 Å². The molecular formula is C40H73N3O2. The van der Waals surface area contributed by atoms with E-state index in [0.29, 0.717) is 18.9 Å². The van der Waals surface area contributed by atoms with Crippen molar-refractivity contribution in [3.63, 3.8) is 0 Å². The predicted molar refractivity (Wildman–Crippen MR) is 198 cm³/mol. The highest BCUT2D eigenvalue weighted by molar-refractivity contribution is 5.26. The number of allylic oxidation sites excluding steroid dienone is 4. The highest BCUT2D eigenvalue weighted by Crippen LogP contribution is 2.12. The lowest BCUT2D eigenvalue weighted by Crippen LogP contribution is -2.40. The highest BCUT2D eigenvalue weighted by Gasteiger charge is 2.09. The predicted octanol–water partition coefficient (Wildman–Crippen LogP) is 11.7. The van der Waals surface area contributed by atoms with Crippen molar-refractivity contribution in [2.75, 3.05) is 5.73 Å². The molecule has 1 aromatic rings. The molecule has 0 amide bonds. The molecule has 2 N–H and O–H groups in total. The zero-order chi connectivity index (χ0) is 32.6. The first kappa shape index (κ1) is 41.0. The van der Waals surface area contributed by atoms with Crippen molar-refractivity contribution in [3.05, 3.63) is 51.2 Å². The second-order valence-electron chi connectivity index (χ2n) is 13.4. The van der Waals surface area contributed by atoms with Crippen molar-refractivity contribution in [1.29, 1.82) is 0 Å². The normalized spacial score (nSPS) is 11.9. The van der Waals surface area contributed by atoms with Gasteiger partial charge in [-0.05, 0) is 64.2 Å². The Morgan fingerprint density at radius 1 is 0.467 bits per heavy atom. The van der Waals surface area contributed by atoms with Crippen LogP contribution >= 0.6 is 0 Å². The molecule has 0 aliphatic heterocycles. The van der Waals surface area contributed by atoms with Gasteiger partial charge in [0.2, 0.25) is 0 Å². The number of hydrogen-bond acceptors (Lipinski definition) is 3. The van der Waals surface area contributed by atoms with Gasteiger partial charge in [-0.15, -0.1) is 0 Å². The average molecular weight is 628 g/mol. The maximum absolute atomic E-state index is 13.0. The quantitative estimate of drug-likeness (QED) is 0.0638. The van der Waals surface area contributed by atoms with E-state index in [9.17, 15) is 9.59 Å². The highest BCUT2D eigenvalue weighted by atomic mass is 16.2. The number of nitrogen functional groups attached to an aromatic ring is 1. The molecule has 0 aliphatic rings. The molecule has 0 spiro atoms.